The van der Waals surface area contributed by atoms with Crippen LogP contribution in [0.1, 0.15) is 79.6 Å². The number of hydrogen-bond acceptors (Lipinski definition) is 2. The fourth-order valence-corrected chi connectivity index (χ4v) is 10.6. The van der Waals surface area contributed by atoms with Gasteiger partial charge in [-0.25, -0.2) is 0 Å². The van der Waals surface area contributed by atoms with Crippen molar-refractivity contribution in [3.8, 4) is 0 Å². The first-order valence-corrected chi connectivity index (χ1v) is 23.4. The van der Waals surface area contributed by atoms with Gasteiger partial charge in [-0.3, -0.25) is 0 Å². The molecule has 2 nitrogen and oxygen atoms in total. The van der Waals surface area contributed by atoms with Crippen LogP contribution in [0.5, 0.6) is 0 Å². The van der Waals surface area contributed by atoms with Crippen LogP contribution >= 0.6 is 0 Å². The Labute approximate surface area is 388 Å². The molecule has 0 radical (unpaired) electrons. The second-order valence-corrected chi connectivity index (χ2v) is 18.1. The van der Waals surface area contributed by atoms with Crippen molar-refractivity contribution in [1.29, 1.82) is 0 Å². The normalized spacial score (nSPS) is 17.5. The van der Waals surface area contributed by atoms with Gasteiger partial charge < -0.3 is 10.2 Å². The summed E-state index contributed by atoms with van der Waals surface area (Å²) >= 11 is 0. The first kappa shape index (κ1) is 41.4. The molecule has 0 amide bonds. The molecule has 0 aliphatic heterocycles. The van der Waals surface area contributed by atoms with Crippen molar-refractivity contribution in [2.75, 3.05) is 0 Å². The number of hydrogen-bond donors (Lipinski definition) is 2. The molecule has 0 aromatic heterocycles. The molecule has 0 heterocycles. The fraction of sp³-hybridized carbons (Fsp3) is 0.125. The van der Waals surface area contributed by atoms with Crippen LogP contribution in [-0.2, 0) is 25.7 Å². The standard InChI is InChI=1S/C64H52O2/c65-55-37-43-21-29-47(30-22-43)57-41-58(62(52-15-7-2-8-16-52)61(57)51-13-5-1-6-14-51)48-31-23-44(24-32-48)38-56(66)40-46-27-35-50(36-28-46)60-42-59(49-33-25-45(39-55)26-34-49)63(53-17-9-3-10-18-53)64(60)54-19-11-4-12-20-54/h1-36,55-56,65-66H,37-42H2. The first-order valence-electron chi connectivity index (χ1n) is 23.4. The van der Waals surface area contributed by atoms with Crippen LogP contribution in [0.4, 0.5) is 0 Å². The van der Waals surface area contributed by atoms with Crippen molar-refractivity contribution in [2.24, 2.45) is 0 Å². The predicted octanol–water partition coefficient (Wildman–Crippen LogP) is 14.1. The van der Waals surface area contributed by atoms with Gasteiger partial charge in [-0.1, -0.05) is 218 Å². The van der Waals surface area contributed by atoms with Gasteiger partial charge in [0.15, 0.2) is 0 Å². The molecule has 9 aliphatic carbocycles. The van der Waals surface area contributed by atoms with E-state index in [9.17, 15) is 10.2 Å². The molecule has 0 fully saturated rings. The smallest absolute Gasteiger partial charge is 0.0620 e. The third kappa shape index (κ3) is 8.38. The van der Waals surface area contributed by atoms with E-state index < -0.39 is 12.2 Å². The molecule has 8 aromatic carbocycles. The molecular formula is C64H52O2. The van der Waals surface area contributed by atoms with E-state index in [1.54, 1.807) is 0 Å². The topological polar surface area (TPSA) is 40.5 Å². The number of benzene rings is 8. The van der Waals surface area contributed by atoms with E-state index in [1.165, 1.54) is 89.1 Å². The molecule has 9 aliphatic rings. The molecule has 2 heteroatoms. The molecule has 17 rings (SSSR count). The largest absolute Gasteiger partial charge is 0.392 e. The van der Waals surface area contributed by atoms with Gasteiger partial charge in [0.05, 0.1) is 12.2 Å². The zero-order valence-electron chi connectivity index (χ0n) is 37.1. The summed E-state index contributed by atoms with van der Waals surface area (Å²) in [6.45, 7) is 0. The second kappa shape index (κ2) is 18.3. The summed E-state index contributed by atoms with van der Waals surface area (Å²) in [5.74, 6) is 0. The average Bonchev–Trinajstić information content (AvgIpc) is 3.97. The van der Waals surface area contributed by atoms with Gasteiger partial charge in [0.25, 0.3) is 0 Å². The molecular weight excluding hydrogens is 801 g/mol. The van der Waals surface area contributed by atoms with Gasteiger partial charge in [0.1, 0.15) is 0 Å². The summed E-state index contributed by atoms with van der Waals surface area (Å²) < 4.78 is 0. The zero-order valence-corrected chi connectivity index (χ0v) is 37.1. The van der Waals surface area contributed by atoms with Crippen LogP contribution in [-0.4, -0.2) is 22.4 Å². The Balaban J connectivity index is 1.00. The summed E-state index contributed by atoms with van der Waals surface area (Å²) in [7, 11) is 0. The van der Waals surface area contributed by atoms with E-state index in [0.29, 0.717) is 25.7 Å². The molecule has 0 unspecified atom stereocenters. The molecule has 0 spiro atoms. The van der Waals surface area contributed by atoms with Crippen molar-refractivity contribution in [1.82, 2.24) is 0 Å². The van der Waals surface area contributed by atoms with Gasteiger partial charge in [-0.05, 0) is 150 Å². The second-order valence-electron chi connectivity index (χ2n) is 18.1. The summed E-state index contributed by atoms with van der Waals surface area (Å²) in [5, 5.41) is 23.1. The Kier molecular flexibility index (Phi) is 11.4. The SMILES string of the molecule is OC1Cc2ccc(cc2)C2=C(c3ccccc3)C(c3ccccc3)=C(C2)c2ccc(cc2)CC(O)Cc2ccc(cc2)C2=C(c3ccccc3)C(c3ccccc3)=C(C2)c2ccc(cc2)C1. The van der Waals surface area contributed by atoms with Gasteiger partial charge >= 0.3 is 0 Å². The van der Waals surface area contributed by atoms with Crippen molar-refractivity contribution in [3.63, 3.8) is 0 Å². The number of rotatable bonds is 4. The van der Waals surface area contributed by atoms with Crippen LogP contribution in [0.2, 0.25) is 0 Å². The maximum atomic E-state index is 11.6. The van der Waals surface area contributed by atoms with Crippen molar-refractivity contribution < 1.29 is 10.2 Å². The highest BCUT2D eigenvalue weighted by atomic mass is 16.3. The Morgan fingerprint density at radius 1 is 0.227 bits per heavy atom. The fourth-order valence-electron chi connectivity index (χ4n) is 10.6. The quantitative estimate of drug-likeness (QED) is 0.185. The van der Waals surface area contributed by atoms with Gasteiger partial charge in [0.2, 0.25) is 0 Å². The zero-order chi connectivity index (χ0) is 44.4. The summed E-state index contributed by atoms with van der Waals surface area (Å²) in [6.07, 6.45) is 2.82. The van der Waals surface area contributed by atoms with E-state index in [2.05, 4.69) is 218 Å². The predicted molar refractivity (Wildman–Crippen MR) is 275 cm³/mol. The number of aliphatic hydroxyl groups excluding tert-OH is 2. The molecule has 2 N–H and O–H groups in total. The third-order valence-corrected chi connectivity index (χ3v) is 13.8. The highest BCUT2D eigenvalue weighted by Crippen LogP contribution is 2.53. The maximum absolute atomic E-state index is 11.6. The highest BCUT2D eigenvalue weighted by molar-refractivity contribution is 6.28. The minimum absolute atomic E-state index is 0.521. The lowest BCUT2D eigenvalue weighted by atomic mass is 9.88. The Morgan fingerprint density at radius 2 is 0.424 bits per heavy atom. The van der Waals surface area contributed by atoms with Crippen LogP contribution in [0.3, 0.4) is 0 Å². The van der Waals surface area contributed by atoms with Crippen molar-refractivity contribution in [2.45, 2.75) is 50.7 Å². The van der Waals surface area contributed by atoms with Crippen LogP contribution < -0.4 is 0 Å². The first-order chi connectivity index (χ1) is 32.5. The Bertz CT molecular complexity index is 2690. The summed E-state index contributed by atoms with van der Waals surface area (Å²) in [5.41, 5.74) is 24.3. The molecule has 0 saturated carbocycles. The maximum Gasteiger partial charge on any atom is 0.0620 e. The van der Waals surface area contributed by atoms with E-state index >= 15 is 0 Å². The van der Waals surface area contributed by atoms with E-state index in [4.69, 9.17) is 0 Å². The number of aliphatic hydroxyl groups is 2. The Hall–Kier alpha value is -7.36. The van der Waals surface area contributed by atoms with Crippen LogP contribution in [0.15, 0.2) is 218 Å². The highest BCUT2D eigenvalue weighted by Gasteiger charge is 2.30. The lowest BCUT2D eigenvalue weighted by Crippen LogP contribution is -2.14. The molecule has 0 atom stereocenters. The molecule has 66 heavy (non-hydrogen) atoms. The molecule has 8 aromatic rings. The van der Waals surface area contributed by atoms with Crippen molar-refractivity contribution in [3.05, 3.63) is 285 Å². The molecule has 0 saturated heterocycles. The minimum atomic E-state index is -0.521. The average molecular weight is 853 g/mol. The van der Waals surface area contributed by atoms with Crippen LogP contribution in [0.25, 0.3) is 44.6 Å². The van der Waals surface area contributed by atoms with Gasteiger partial charge in [-0.15, -0.1) is 0 Å². The third-order valence-electron chi connectivity index (χ3n) is 13.8. The summed E-state index contributed by atoms with van der Waals surface area (Å²) in [4.78, 5) is 0. The summed E-state index contributed by atoms with van der Waals surface area (Å²) in [6, 6.07) is 78.8. The lowest BCUT2D eigenvalue weighted by Gasteiger charge is -2.16. The monoisotopic (exact) mass is 852 g/mol. The van der Waals surface area contributed by atoms with Crippen LogP contribution in [0, 0.1) is 0 Å². The van der Waals surface area contributed by atoms with Crippen molar-refractivity contribution >= 4 is 44.6 Å². The van der Waals surface area contributed by atoms with E-state index in [0.717, 1.165) is 35.1 Å². The minimum Gasteiger partial charge on any atom is -0.392 e. The lowest BCUT2D eigenvalue weighted by molar-refractivity contribution is 0.175. The van der Waals surface area contributed by atoms with E-state index in [1.807, 2.05) is 0 Å². The number of allylic oxidation sites excluding steroid dienone is 8. The van der Waals surface area contributed by atoms with Gasteiger partial charge in [-0.2, -0.15) is 0 Å². The molecule has 12 bridgehead atoms. The molecule has 320 valence electrons. The van der Waals surface area contributed by atoms with E-state index in [-0.39, 0.29) is 0 Å². The van der Waals surface area contributed by atoms with Gasteiger partial charge in [0, 0.05) is 0 Å². The Morgan fingerprint density at radius 3 is 0.621 bits per heavy atom.